The fourth-order valence-electron chi connectivity index (χ4n) is 3.37. The number of carbonyl (C=O) groups excluding carboxylic acids is 2. The number of carbonyl (C=O) groups is 2. The van der Waals surface area contributed by atoms with Crippen molar-refractivity contribution >= 4 is 23.3 Å². The molecule has 1 N–H and O–H groups in total. The third kappa shape index (κ3) is 4.71. The number of likely N-dealkylation sites (tertiary alicyclic amines) is 1. The molecule has 2 aromatic carbocycles. The van der Waals surface area contributed by atoms with Crippen molar-refractivity contribution in [1.82, 2.24) is 4.90 Å². The molecule has 8 nitrogen and oxygen atoms in total. The quantitative estimate of drug-likeness (QED) is 0.454. The van der Waals surface area contributed by atoms with E-state index < -0.39 is 17.0 Å². The summed E-state index contributed by atoms with van der Waals surface area (Å²) in [5.74, 6) is -1.06. The smallest absolute Gasteiger partial charge is 0.339 e. The number of nitro benzene ring substituents is 1. The Morgan fingerprint density at radius 2 is 1.79 bits per heavy atom. The molecule has 2 aromatic rings. The Morgan fingerprint density at radius 1 is 1.10 bits per heavy atom. The van der Waals surface area contributed by atoms with Crippen LogP contribution in [0.5, 0.6) is 0 Å². The highest BCUT2D eigenvalue weighted by molar-refractivity contribution is 5.94. The van der Waals surface area contributed by atoms with Crippen LogP contribution in [0.1, 0.15) is 41.3 Å². The highest BCUT2D eigenvalue weighted by atomic mass is 16.6. The summed E-state index contributed by atoms with van der Waals surface area (Å²) in [7, 11) is 1.56. The molecule has 0 spiro atoms. The maximum Gasteiger partial charge on any atom is 0.339 e. The maximum absolute atomic E-state index is 13.1. The number of nitrogens with one attached hydrogen (secondary N) is 1. The Morgan fingerprint density at radius 3 is 2.41 bits per heavy atom. The van der Waals surface area contributed by atoms with Crippen LogP contribution in [0.25, 0.3) is 0 Å². The van der Waals surface area contributed by atoms with Gasteiger partial charge in [-0.05, 0) is 31.4 Å². The molecule has 0 aliphatic carbocycles. The topological polar surface area (TPSA) is 102 Å². The molecule has 0 aromatic heterocycles. The Hall–Kier alpha value is -3.42. The van der Waals surface area contributed by atoms with Crippen LogP contribution in [0.15, 0.2) is 48.5 Å². The SMILES string of the molecule is CNc1ccc(C(=O)O[C@@H](C(=O)N2CCCCC2)c2ccccc2)cc1[N+](=O)[O-]. The molecule has 152 valence electrons. The lowest BCUT2D eigenvalue weighted by Crippen LogP contribution is -2.40. The van der Waals surface area contributed by atoms with Gasteiger partial charge in [-0.3, -0.25) is 14.9 Å². The number of esters is 1. The summed E-state index contributed by atoms with van der Waals surface area (Å²) in [5.41, 5.74) is 0.636. The van der Waals surface area contributed by atoms with Gasteiger partial charge in [-0.1, -0.05) is 30.3 Å². The van der Waals surface area contributed by atoms with Crippen molar-refractivity contribution in [3.8, 4) is 0 Å². The molecule has 1 atom stereocenters. The molecule has 1 heterocycles. The molecule has 0 radical (unpaired) electrons. The molecule has 3 rings (SSSR count). The van der Waals surface area contributed by atoms with Gasteiger partial charge in [-0.15, -0.1) is 0 Å². The first-order valence-electron chi connectivity index (χ1n) is 9.52. The number of piperidine rings is 1. The van der Waals surface area contributed by atoms with Gasteiger partial charge in [0.1, 0.15) is 5.69 Å². The Labute approximate surface area is 168 Å². The summed E-state index contributed by atoms with van der Waals surface area (Å²) in [6, 6.07) is 12.8. The molecular weight excluding hydrogens is 374 g/mol. The zero-order chi connectivity index (χ0) is 20.8. The predicted molar refractivity (Wildman–Crippen MR) is 108 cm³/mol. The van der Waals surface area contributed by atoms with E-state index in [0.717, 1.165) is 25.3 Å². The van der Waals surface area contributed by atoms with E-state index in [4.69, 9.17) is 4.74 Å². The molecule has 1 aliphatic rings. The number of ether oxygens (including phenoxy) is 1. The molecular formula is C21H23N3O5. The van der Waals surface area contributed by atoms with E-state index in [0.29, 0.717) is 18.7 Å². The lowest BCUT2D eigenvalue weighted by molar-refractivity contribution is -0.384. The highest BCUT2D eigenvalue weighted by Crippen LogP contribution is 2.28. The lowest BCUT2D eigenvalue weighted by atomic mass is 10.1. The molecule has 29 heavy (non-hydrogen) atoms. The number of anilines is 1. The second-order valence-electron chi connectivity index (χ2n) is 6.82. The molecule has 1 saturated heterocycles. The van der Waals surface area contributed by atoms with Gasteiger partial charge in [0.15, 0.2) is 0 Å². The number of amides is 1. The third-order valence-corrected chi connectivity index (χ3v) is 4.92. The van der Waals surface area contributed by atoms with Gasteiger partial charge in [0.05, 0.1) is 10.5 Å². The van der Waals surface area contributed by atoms with Gasteiger partial charge in [0, 0.05) is 31.8 Å². The molecule has 0 saturated carbocycles. The molecule has 1 amide bonds. The molecule has 8 heteroatoms. The minimum atomic E-state index is -1.09. The van der Waals surface area contributed by atoms with Crippen molar-refractivity contribution in [2.75, 3.05) is 25.5 Å². The van der Waals surface area contributed by atoms with Crippen LogP contribution in [0.2, 0.25) is 0 Å². The van der Waals surface area contributed by atoms with Crippen LogP contribution in [0.3, 0.4) is 0 Å². The Bertz CT molecular complexity index is 894. The number of benzene rings is 2. The van der Waals surface area contributed by atoms with E-state index in [-0.39, 0.29) is 22.8 Å². The summed E-state index contributed by atoms with van der Waals surface area (Å²) in [6.45, 7) is 1.25. The number of hydrogen-bond acceptors (Lipinski definition) is 6. The highest BCUT2D eigenvalue weighted by Gasteiger charge is 2.31. The van der Waals surface area contributed by atoms with E-state index >= 15 is 0 Å². The van der Waals surface area contributed by atoms with Gasteiger partial charge in [-0.2, -0.15) is 0 Å². The summed E-state index contributed by atoms with van der Waals surface area (Å²) in [4.78, 5) is 38.2. The van der Waals surface area contributed by atoms with Gasteiger partial charge in [0.2, 0.25) is 6.10 Å². The maximum atomic E-state index is 13.1. The van der Waals surface area contributed by atoms with Gasteiger partial charge in [0.25, 0.3) is 11.6 Å². The standard InChI is InChI=1S/C21H23N3O5/c1-22-17-11-10-16(14-18(17)24(27)28)21(26)29-19(15-8-4-2-5-9-15)20(25)23-12-6-3-7-13-23/h2,4-5,8-11,14,19,22H,3,6-7,12-13H2,1H3/t19-/m1/s1. The molecule has 1 fully saturated rings. The number of nitrogens with zero attached hydrogens (tertiary/aromatic N) is 2. The summed E-state index contributed by atoms with van der Waals surface area (Å²) >= 11 is 0. The summed E-state index contributed by atoms with van der Waals surface area (Å²) in [6.07, 6.45) is 1.81. The van der Waals surface area contributed by atoms with E-state index in [1.807, 2.05) is 6.07 Å². The van der Waals surface area contributed by atoms with Crippen LogP contribution in [-0.4, -0.2) is 41.8 Å². The zero-order valence-electron chi connectivity index (χ0n) is 16.2. The largest absolute Gasteiger partial charge is 0.444 e. The molecule has 1 aliphatic heterocycles. The van der Waals surface area contributed by atoms with Crippen molar-refractivity contribution in [3.05, 3.63) is 69.8 Å². The molecule has 0 bridgehead atoms. The van der Waals surface area contributed by atoms with Crippen molar-refractivity contribution in [2.24, 2.45) is 0 Å². The second kappa shape index (κ2) is 9.18. The van der Waals surface area contributed by atoms with E-state index in [1.54, 1.807) is 36.2 Å². The third-order valence-electron chi connectivity index (χ3n) is 4.92. The Kier molecular flexibility index (Phi) is 6.43. The number of nitro groups is 1. The normalized spacial score (nSPS) is 14.7. The first-order valence-corrected chi connectivity index (χ1v) is 9.52. The zero-order valence-corrected chi connectivity index (χ0v) is 16.2. The van der Waals surface area contributed by atoms with Crippen molar-refractivity contribution < 1.29 is 19.2 Å². The van der Waals surface area contributed by atoms with Crippen LogP contribution >= 0.6 is 0 Å². The predicted octanol–water partition coefficient (Wildman–Crippen LogP) is 3.55. The first-order chi connectivity index (χ1) is 14.0. The average molecular weight is 397 g/mol. The van der Waals surface area contributed by atoms with Gasteiger partial charge < -0.3 is 15.0 Å². The van der Waals surface area contributed by atoms with Gasteiger partial charge in [-0.25, -0.2) is 4.79 Å². The minimum absolute atomic E-state index is 0.0167. The second-order valence-corrected chi connectivity index (χ2v) is 6.82. The fraction of sp³-hybridized carbons (Fsp3) is 0.333. The lowest BCUT2D eigenvalue weighted by Gasteiger charge is -2.30. The summed E-state index contributed by atoms with van der Waals surface area (Å²) in [5, 5.41) is 14.0. The van der Waals surface area contributed by atoms with Crippen molar-refractivity contribution in [3.63, 3.8) is 0 Å². The minimum Gasteiger partial charge on any atom is -0.444 e. The molecule has 0 unspecified atom stereocenters. The first kappa shape index (κ1) is 20.3. The monoisotopic (exact) mass is 397 g/mol. The van der Waals surface area contributed by atoms with Gasteiger partial charge >= 0.3 is 5.97 Å². The van der Waals surface area contributed by atoms with E-state index in [9.17, 15) is 19.7 Å². The number of hydrogen-bond donors (Lipinski definition) is 1. The van der Waals surface area contributed by atoms with Crippen LogP contribution in [0, 0.1) is 10.1 Å². The Balaban J connectivity index is 1.87. The fourth-order valence-corrected chi connectivity index (χ4v) is 3.37. The van der Waals surface area contributed by atoms with Crippen molar-refractivity contribution in [2.45, 2.75) is 25.4 Å². The summed E-state index contributed by atoms with van der Waals surface area (Å²) < 4.78 is 5.57. The van der Waals surface area contributed by atoms with E-state index in [1.165, 1.54) is 12.1 Å². The van der Waals surface area contributed by atoms with Crippen LogP contribution in [-0.2, 0) is 9.53 Å². The number of rotatable bonds is 6. The van der Waals surface area contributed by atoms with Crippen LogP contribution in [0.4, 0.5) is 11.4 Å². The van der Waals surface area contributed by atoms with E-state index in [2.05, 4.69) is 5.32 Å². The van der Waals surface area contributed by atoms with Crippen molar-refractivity contribution in [1.29, 1.82) is 0 Å². The van der Waals surface area contributed by atoms with Crippen LogP contribution < -0.4 is 5.32 Å². The average Bonchev–Trinajstić information content (AvgIpc) is 2.77.